The molecule has 8 nitrogen and oxygen atoms in total. The minimum absolute atomic E-state index is 0.0606. The molecule has 1 aliphatic rings. The summed E-state index contributed by atoms with van der Waals surface area (Å²) < 4.78 is 11.7. The van der Waals surface area contributed by atoms with Gasteiger partial charge < -0.3 is 24.4 Å². The lowest BCUT2D eigenvalue weighted by atomic mass is 9.95. The first kappa shape index (κ1) is 26.2. The van der Waals surface area contributed by atoms with E-state index in [9.17, 15) is 14.7 Å². The molecule has 0 bridgehead atoms. The molecule has 1 fully saturated rings. The van der Waals surface area contributed by atoms with Crippen LogP contribution in [-0.2, 0) is 9.59 Å². The lowest BCUT2D eigenvalue weighted by Gasteiger charge is -2.28. The van der Waals surface area contributed by atoms with Crippen LogP contribution in [0.25, 0.3) is 5.76 Å². The molecule has 2 heterocycles. The molecule has 1 unspecified atom stereocenters. The molecule has 1 saturated heterocycles. The van der Waals surface area contributed by atoms with Gasteiger partial charge in [0.1, 0.15) is 5.76 Å². The van der Waals surface area contributed by atoms with Crippen molar-refractivity contribution in [1.29, 1.82) is 0 Å². The van der Waals surface area contributed by atoms with E-state index in [2.05, 4.69) is 23.7 Å². The molecular formula is C27H35N3O5. The van der Waals surface area contributed by atoms with Crippen molar-refractivity contribution in [3.63, 3.8) is 0 Å². The number of aromatic nitrogens is 1. The van der Waals surface area contributed by atoms with Gasteiger partial charge in [-0.05, 0) is 56.3 Å². The fraction of sp³-hybridized carbons (Fsp3) is 0.444. The van der Waals surface area contributed by atoms with E-state index in [4.69, 9.17) is 9.47 Å². The highest BCUT2D eigenvalue weighted by atomic mass is 16.5. The van der Waals surface area contributed by atoms with E-state index >= 15 is 0 Å². The van der Waals surface area contributed by atoms with Crippen LogP contribution in [0.5, 0.6) is 11.5 Å². The number of nitrogens with zero attached hydrogens (tertiary/aromatic N) is 3. The summed E-state index contributed by atoms with van der Waals surface area (Å²) in [7, 11) is 0. The summed E-state index contributed by atoms with van der Waals surface area (Å²) in [5.74, 6) is -0.399. The second-order valence-electron chi connectivity index (χ2n) is 8.24. The highest BCUT2D eigenvalue weighted by molar-refractivity contribution is 6.46. The largest absolute Gasteiger partial charge is 0.507 e. The Morgan fingerprint density at radius 3 is 2.37 bits per heavy atom. The Hall–Kier alpha value is -3.39. The van der Waals surface area contributed by atoms with Gasteiger partial charge in [-0.1, -0.05) is 26.8 Å². The lowest BCUT2D eigenvalue weighted by Crippen LogP contribution is -2.38. The van der Waals surface area contributed by atoms with Crippen molar-refractivity contribution in [3.8, 4) is 11.5 Å². The highest BCUT2D eigenvalue weighted by Crippen LogP contribution is 2.42. The van der Waals surface area contributed by atoms with Gasteiger partial charge >= 0.3 is 0 Å². The molecule has 0 aliphatic carbocycles. The van der Waals surface area contributed by atoms with Crippen LogP contribution < -0.4 is 9.47 Å². The van der Waals surface area contributed by atoms with Crippen LogP contribution in [0, 0.1) is 0 Å². The molecule has 1 N–H and O–H groups in total. The minimum Gasteiger partial charge on any atom is -0.507 e. The number of amides is 1. The van der Waals surface area contributed by atoms with Gasteiger partial charge in [0.2, 0.25) is 0 Å². The van der Waals surface area contributed by atoms with Crippen LogP contribution in [-0.4, -0.2) is 71.0 Å². The number of benzene rings is 1. The average molecular weight is 482 g/mol. The molecule has 3 rings (SSSR count). The molecule has 1 aromatic heterocycles. The van der Waals surface area contributed by atoms with Crippen LogP contribution >= 0.6 is 0 Å². The van der Waals surface area contributed by atoms with Gasteiger partial charge in [-0.3, -0.25) is 14.6 Å². The van der Waals surface area contributed by atoms with Crippen LogP contribution in [0.2, 0.25) is 0 Å². The molecule has 35 heavy (non-hydrogen) atoms. The molecule has 188 valence electrons. The van der Waals surface area contributed by atoms with Crippen LogP contribution in [0.1, 0.15) is 51.3 Å². The number of Topliss-reactive ketones (excluding diaryl/α,β-unsaturated/α-hetero) is 1. The van der Waals surface area contributed by atoms with Gasteiger partial charge in [-0.15, -0.1) is 0 Å². The second-order valence-corrected chi connectivity index (χ2v) is 8.24. The summed E-state index contributed by atoms with van der Waals surface area (Å²) in [6.07, 6.45) is 3.92. The number of likely N-dealkylation sites (tertiary alicyclic amines) is 1. The van der Waals surface area contributed by atoms with Gasteiger partial charge in [0.15, 0.2) is 11.5 Å². The van der Waals surface area contributed by atoms with Crippen molar-refractivity contribution >= 4 is 17.4 Å². The van der Waals surface area contributed by atoms with Crippen LogP contribution in [0.15, 0.2) is 48.3 Å². The fourth-order valence-electron chi connectivity index (χ4n) is 4.21. The number of hydrogen-bond acceptors (Lipinski definition) is 7. The monoisotopic (exact) mass is 481 g/mol. The summed E-state index contributed by atoms with van der Waals surface area (Å²) >= 11 is 0. The zero-order valence-corrected chi connectivity index (χ0v) is 21.0. The third kappa shape index (κ3) is 5.82. The zero-order valence-electron chi connectivity index (χ0n) is 21.0. The van der Waals surface area contributed by atoms with Crippen molar-refractivity contribution < 1.29 is 24.2 Å². The Labute approximate surface area is 207 Å². The van der Waals surface area contributed by atoms with Crippen molar-refractivity contribution in [3.05, 3.63) is 59.4 Å². The molecule has 0 radical (unpaired) electrons. The SMILES string of the molecule is CCCOc1ccc(C2C(=C(O)c3ccncc3)C(=O)C(=O)N2CCN(CC)CC)cc1OCC. The van der Waals surface area contributed by atoms with Crippen LogP contribution in [0.3, 0.4) is 0 Å². The predicted molar refractivity (Wildman–Crippen MR) is 134 cm³/mol. The maximum Gasteiger partial charge on any atom is 0.295 e. The van der Waals surface area contributed by atoms with Crippen molar-refractivity contribution in [2.24, 2.45) is 0 Å². The average Bonchev–Trinajstić information content (AvgIpc) is 3.13. The highest BCUT2D eigenvalue weighted by Gasteiger charge is 2.46. The summed E-state index contributed by atoms with van der Waals surface area (Å²) in [6.45, 7) is 11.6. The number of pyridine rings is 1. The van der Waals surface area contributed by atoms with E-state index in [1.54, 1.807) is 29.2 Å². The van der Waals surface area contributed by atoms with Gasteiger partial charge in [0, 0.05) is 31.0 Å². The molecule has 1 aliphatic heterocycles. The molecule has 0 spiro atoms. The maximum atomic E-state index is 13.2. The van der Waals surface area contributed by atoms with Gasteiger partial charge in [0.25, 0.3) is 11.7 Å². The van der Waals surface area contributed by atoms with Crippen LogP contribution in [0.4, 0.5) is 0 Å². The maximum absolute atomic E-state index is 13.2. The summed E-state index contributed by atoms with van der Waals surface area (Å²) in [5, 5.41) is 11.2. The first-order chi connectivity index (χ1) is 17.0. The molecule has 2 aromatic rings. The quantitative estimate of drug-likeness (QED) is 0.278. The molecule has 1 aromatic carbocycles. The number of carbonyl (C=O) groups is 2. The molecule has 1 amide bonds. The Balaban J connectivity index is 2.12. The Kier molecular flexibility index (Phi) is 9.25. The molecule has 1 atom stereocenters. The minimum atomic E-state index is -0.752. The number of ketones is 1. The lowest BCUT2D eigenvalue weighted by molar-refractivity contribution is -0.140. The van der Waals surface area contributed by atoms with E-state index in [1.165, 1.54) is 12.4 Å². The zero-order chi connectivity index (χ0) is 25.4. The molecule has 8 heteroatoms. The predicted octanol–water partition coefficient (Wildman–Crippen LogP) is 4.03. The Morgan fingerprint density at radius 2 is 1.74 bits per heavy atom. The first-order valence-electron chi connectivity index (χ1n) is 12.3. The summed E-state index contributed by atoms with van der Waals surface area (Å²) in [6, 6.07) is 7.90. The molecule has 0 saturated carbocycles. The van der Waals surface area contributed by atoms with E-state index in [0.717, 1.165) is 19.5 Å². The van der Waals surface area contributed by atoms with Gasteiger partial charge in [0.05, 0.1) is 24.8 Å². The topological polar surface area (TPSA) is 92.2 Å². The number of aliphatic hydroxyl groups excluding tert-OH is 1. The summed E-state index contributed by atoms with van der Waals surface area (Å²) in [4.78, 5) is 34.1. The van der Waals surface area contributed by atoms with E-state index in [-0.39, 0.29) is 11.3 Å². The number of aliphatic hydroxyl groups is 1. The van der Waals surface area contributed by atoms with Gasteiger partial charge in [-0.25, -0.2) is 0 Å². The third-order valence-corrected chi connectivity index (χ3v) is 6.09. The first-order valence-corrected chi connectivity index (χ1v) is 12.3. The number of hydrogen-bond donors (Lipinski definition) is 1. The number of ether oxygens (including phenoxy) is 2. The number of likely N-dealkylation sites (N-methyl/N-ethyl adjacent to an activating group) is 1. The normalized spacial score (nSPS) is 17.3. The summed E-state index contributed by atoms with van der Waals surface area (Å²) in [5.41, 5.74) is 1.16. The second kappa shape index (κ2) is 12.4. The fourth-order valence-corrected chi connectivity index (χ4v) is 4.21. The van der Waals surface area contributed by atoms with Gasteiger partial charge in [-0.2, -0.15) is 0 Å². The number of rotatable bonds is 12. The number of carbonyl (C=O) groups excluding carboxylic acids is 2. The Morgan fingerprint density at radius 1 is 1.03 bits per heavy atom. The van der Waals surface area contributed by atoms with E-state index < -0.39 is 17.7 Å². The molecular weight excluding hydrogens is 446 g/mol. The van der Waals surface area contributed by atoms with Crippen molar-refractivity contribution in [1.82, 2.24) is 14.8 Å². The van der Waals surface area contributed by atoms with Crippen molar-refractivity contribution in [2.75, 3.05) is 39.4 Å². The Bertz CT molecular complexity index is 1050. The van der Waals surface area contributed by atoms with Crippen molar-refractivity contribution in [2.45, 2.75) is 40.2 Å². The smallest absolute Gasteiger partial charge is 0.295 e. The standard InChI is InChI=1S/C27H35N3O5/c1-5-17-35-21-10-9-20(18-22(21)34-8-4)24-23(25(31)19-11-13-28-14-12-19)26(32)27(33)30(24)16-15-29(6-2)7-3/h9-14,18,24,31H,5-8,15-17H2,1-4H3. The van der Waals surface area contributed by atoms with E-state index in [1.807, 2.05) is 19.9 Å². The van der Waals surface area contributed by atoms with E-state index in [0.29, 0.717) is 48.9 Å². The third-order valence-electron chi connectivity index (χ3n) is 6.09.